The minimum atomic E-state index is -0.125. The molecule has 5 nitrogen and oxygen atoms in total. The fourth-order valence-corrected chi connectivity index (χ4v) is 2.68. The van der Waals surface area contributed by atoms with E-state index in [1.807, 2.05) is 42.6 Å². The molecule has 0 radical (unpaired) electrons. The molecule has 1 heterocycles. The molecular formula is C19H19ClN4O. The number of carbonyl (C=O) groups is 1. The first-order chi connectivity index (χ1) is 12.2. The highest BCUT2D eigenvalue weighted by atomic mass is 35.5. The van der Waals surface area contributed by atoms with Crippen LogP contribution in [0.4, 0.5) is 11.4 Å². The second-order valence-electron chi connectivity index (χ2n) is 5.57. The molecule has 0 unspecified atom stereocenters. The van der Waals surface area contributed by atoms with Crippen LogP contribution in [0.25, 0.3) is 5.69 Å². The Hall–Kier alpha value is -2.79. The molecule has 2 aromatic carbocycles. The van der Waals surface area contributed by atoms with Gasteiger partial charge in [-0.25, -0.2) is 4.68 Å². The molecular weight excluding hydrogens is 336 g/mol. The Morgan fingerprint density at radius 3 is 2.84 bits per heavy atom. The van der Waals surface area contributed by atoms with Gasteiger partial charge in [-0.15, -0.1) is 0 Å². The van der Waals surface area contributed by atoms with Crippen molar-refractivity contribution in [3.05, 3.63) is 71.5 Å². The van der Waals surface area contributed by atoms with Gasteiger partial charge in [0.2, 0.25) is 5.91 Å². The smallest absolute Gasteiger partial charge is 0.243 e. The summed E-state index contributed by atoms with van der Waals surface area (Å²) >= 11 is 6.09. The summed E-state index contributed by atoms with van der Waals surface area (Å²) in [5.41, 5.74) is 3.55. The number of anilines is 2. The van der Waals surface area contributed by atoms with Gasteiger partial charge >= 0.3 is 0 Å². The number of amides is 1. The Bertz CT molecular complexity index is 862. The molecule has 1 amide bonds. The molecule has 0 aliphatic heterocycles. The number of rotatable bonds is 6. The van der Waals surface area contributed by atoms with Gasteiger partial charge in [-0.05, 0) is 48.4 Å². The van der Waals surface area contributed by atoms with Gasteiger partial charge in [-0.2, -0.15) is 5.10 Å². The highest BCUT2D eigenvalue weighted by Gasteiger charge is 2.08. The average Bonchev–Trinajstić information content (AvgIpc) is 3.14. The van der Waals surface area contributed by atoms with Crippen molar-refractivity contribution in [2.75, 3.05) is 17.2 Å². The quantitative estimate of drug-likeness (QED) is 0.699. The third-order valence-electron chi connectivity index (χ3n) is 3.77. The minimum absolute atomic E-state index is 0.125. The zero-order valence-corrected chi connectivity index (χ0v) is 14.6. The third-order valence-corrected chi connectivity index (χ3v) is 4.00. The topological polar surface area (TPSA) is 59.0 Å². The molecule has 25 heavy (non-hydrogen) atoms. The Balaban J connectivity index is 1.69. The van der Waals surface area contributed by atoms with Gasteiger partial charge in [0.05, 0.1) is 17.9 Å². The summed E-state index contributed by atoms with van der Waals surface area (Å²) in [6.07, 6.45) is 4.47. The first-order valence-electron chi connectivity index (χ1n) is 8.08. The number of aryl methyl sites for hydroxylation is 1. The van der Waals surface area contributed by atoms with Crippen LogP contribution < -0.4 is 10.6 Å². The predicted octanol–water partition coefficient (Wildman–Crippen LogP) is 4.14. The first-order valence-corrected chi connectivity index (χ1v) is 8.45. The number of nitrogens with one attached hydrogen (secondary N) is 2. The fraction of sp³-hybridized carbons (Fsp3) is 0.158. The summed E-state index contributed by atoms with van der Waals surface area (Å²) < 4.78 is 1.72. The van der Waals surface area contributed by atoms with Crippen molar-refractivity contribution in [1.29, 1.82) is 0 Å². The molecule has 0 saturated heterocycles. The highest BCUT2D eigenvalue weighted by Crippen LogP contribution is 2.24. The molecule has 0 saturated carbocycles. The largest absolute Gasteiger partial charge is 0.374 e. The maximum absolute atomic E-state index is 12.2. The number of aromatic nitrogens is 2. The van der Waals surface area contributed by atoms with Crippen LogP contribution in [0.2, 0.25) is 5.02 Å². The van der Waals surface area contributed by atoms with Crippen LogP contribution in [-0.2, 0) is 11.2 Å². The molecule has 0 aliphatic carbocycles. The number of nitrogens with zero attached hydrogens (tertiary/aromatic N) is 2. The van der Waals surface area contributed by atoms with Crippen LogP contribution >= 0.6 is 11.6 Å². The van der Waals surface area contributed by atoms with E-state index in [4.69, 9.17) is 11.6 Å². The highest BCUT2D eigenvalue weighted by molar-refractivity contribution is 6.31. The van der Waals surface area contributed by atoms with Gasteiger partial charge in [0.15, 0.2) is 0 Å². The maximum Gasteiger partial charge on any atom is 0.243 e. The van der Waals surface area contributed by atoms with Crippen molar-refractivity contribution in [1.82, 2.24) is 9.78 Å². The predicted molar refractivity (Wildman–Crippen MR) is 102 cm³/mol. The van der Waals surface area contributed by atoms with Crippen molar-refractivity contribution in [2.24, 2.45) is 0 Å². The van der Waals surface area contributed by atoms with Gasteiger partial charge in [-0.1, -0.05) is 30.7 Å². The van der Waals surface area contributed by atoms with E-state index in [1.165, 1.54) is 5.56 Å². The van der Waals surface area contributed by atoms with Crippen LogP contribution in [0.5, 0.6) is 0 Å². The van der Waals surface area contributed by atoms with Gasteiger partial charge in [0.25, 0.3) is 0 Å². The molecule has 0 bridgehead atoms. The maximum atomic E-state index is 12.2. The summed E-state index contributed by atoms with van der Waals surface area (Å²) in [6, 6.07) is 15.1. The summed E-state index contributed by atoms with van der Waals surface area (Å²) in [5, 5.41) is 10.8. The van der Waals surface area contributed by atoms with Crippen LogP contribution in [0.3, 0.4) is 0 Å². The van der Waals surface area contributed by atoms with E-state index >= 15 is 0 Å². The second kappa shape index (κ2) is 7.85. The zero-order chi connectivity index (χ0) is 17.6. The Morgan fingerprint density at radius 1 is 1.20 bits per heavy atom. The minimum Gasteiger partial charge on any atom is -0.374 e. The van der Waals surface area contributed by atoms with Crippen LogP contribution in [0.15, 0.2) is 60.9 Å². The zero-order valence-electron chi connectivity index (χ0n) is 13.9. The lowest BCUT2D eigenvalue weighted by Crippen LogP contribution is -2.22. The molecule has 0 atom stereocenters. The SMILES string of the molecule is CCc1cccc(NC(=O)CNc2cc(Cl)ccc2-n2cccn2)c1. The Labute approximate surface area is 151 Å². The lowest BCUT2D eigenvalue weighted by atomic mass is 10.1. The van der Waals surface area contributed by atoms with Crippen LogP contribution in [0.1, 0.15) is 12.5 Å². The Morgan fingerprint density at radius 2 is 2.08 bits per heavy atom. The lowest BCUT2D eigenvalue weighted by Gasteiger charge is -2.13. The molecule has 128 valence electrons. The third kappa shape index (κ3) is 4.39. The van der Waals surface area contributed by atoms with Crippen molar-refractivity contribution in [3.8, 4) is 5.69 Å². The number of benzene rings is 2. The first kappa shape index (κ1) is 17.0. The van der Waals surface area contributed by atoms with Crippen molar-refractivity contribution in [3.63, 3.8) is 0 Å². The van der Waals surface area contributed by atoms with E-state index in [9.17, 15) is 4.79 Å². The summed E-state index contributed by atoms with van der Waals surface area (Å²) in [5.74, 6) is -0.125. The van der Waals surface area contributed by atoms with E-state index in [0.717, 1.165) is 23.5 Å². The van der Waals surface area contributed by atoms with E-state index in [2.05, 4.69) is 22.7 Å². The number of hydrogen-bond donors (Lipinski definition) is 2. The molecule has 3 aromatic rings. The molecule has 0 aliphatic rings. The van der Waals surface area contributed by atoms with E-state index in [-0.39, 0.29) is 12.5 Å². The fourth-order valence-electron chi connectivity index (χ4n) is 2.51. The normalized spacial score (nSPS) is 10.5. The number of halogens is 1. The summed E-state index contributed by atoms with van der Waals surface area (Å²) in [7, 11) is 0. The van der Waals surface area contributed by atoms with E-state index < -0.39 is 0 Å². The lowest BCUT2D eigenvalue weighted by molar-refractivity contribution is -0.114. The number of carbonyl (C=O) groups excluding carboxylic acids is 1. The van der Waals surface area contributed by atoms with Gasteiger partial charge in [0.1, 0.15) is 0 Å². The van der Waals surface area contributed by atoms with Crippen molar-refractivity contribution >= 4 is 28.9 Å². The number of hydrogen-bond acceptors (Lipinski definition) is 3. The van der Waals surface area contributed by atoms with Crippen LogP contribution in [0, 0.1) is 0 Å². The van der Waals surface area contributed by atoms with Gasteiger partial charge in [-0.3, -0.25) is 4.79 Å². The second-order valence-corrected chi connectivity index (χ2v) is 6.00. The standard InChI is InChI=1S/C19H19ClN4O/c1-2-14-5-3-6-16(11-14)23-19(25)13-21-17-12-15(20)7-8-18(17)24-10-4-9-22-24/h3-12,21H,2,13H2,1H3,(H,23,25). The Kier molecular flexibility index (Phi) is 5.36. The summed E-state index contributed by atoms with van der Waals surface area (Å²) in [4.78, 5) is 12.2. The van der Waals surface area contributed by atoms with Crippen molar-refractivity contribution in [2.45, 2.75) is 13.3 Å². The monoisotopic (exact) mass is 354 g/mol. The van der Waals surface area contributed by atoms with Gasteiger partial charge < -0.3 is 10.6 Å². The molecule has 2 N–H and O–H groups in total. The molecule has 1 aromatic heterocycles. The van der Waals surface area contributed by atoms with E-state index in [0.29, 0.717) is 5.02 Å². The molecule has 0 spiro atoms. The van der Waals surface area contributed by atoms with Gasteiger partial charge in [0, 0.05) is 23.1 Å². The molecule has 3 rings (SSSR count). The molecule has 0 fully saturated rings. The summed E-state index contributed by atoms with van der Waals surface area (Å²) in [6.45, 7) is 2.21. The van der Waals surface area contributed by atoms with Crippen LogP contribution in [-0.4, -0.2) is 22.2 Å². The van der Waals surface area contributed by atoms with E-state index in [1.54, 1.807) is 23.0 Å². The molecule has 6 heteroatoms. The average molecular weight is 355 g/mol. The van der Waals surface area contributed by atoms with Crippen molar-refractivity contribution < 1.29 is 4.79 Å².